The first kappa shape index (κ1) is 15.2. The molecule has 6 heteroatoms. The maximum Gasteiger partial charge on any atom is 0.187 e. The summed E-state index contributed by atoms with van der Waals surface area (Å²) in [7, 11) is 0. The van der Waals surface area contributed by atoms with Gasteiger partial charge < -0.3 is 5.32 Å². The van der Waals surface area contributed by atoms with Crippen LogP contribution in [-0.2, 0) is 6.54 Å². The summed E-state index contributed by atoms with van der Waals surface area (Å²) in [4.78, 5) is 1.11. The lowest BCUT2D eigenvalue weighted by molar-refractivity contribution is 0.867. The highest BCUT2D eigenvalue weighted by molar-refractivity contribution is 9.11. The minimum Gasteiger partial charge on any atom is -0.357 e. The predicted molar refractivity (Wildman–Crippen MR) is 93.2 cm³/mol. The Morgan fingerprint density at radius 1 is 1.25 bits per heavy atom. The number of hydrogen-bond donors (Lipinski definition) is 2. The van der Waals surface area contributed by atoms with Crippen molar-refractivity contribution in [2.24, 2.45) is 5.10 Å². The van der Waals surface area contributed by atoms with E-state index < -0.39 is 0 Å². The molecule has 0 fully saturated rings. The number of nitrogens with zero attached hydrogens (tertiary/aromatic N) is 1. The van der Waals surface area contributed by atoms with Crippen molar-refractivity contribution in [1.29, 1.82) is 0 Å². The summed E-state index contributed by atoms with van der Waals surface area (Å²) in [5.74, 6) is 0. The van der Waals surface area contributed by atoms with Gasteiger partial charge >= 0.3 is 0 Å². The Hall–Kier alpha value is -1.24. The quantitative estimate of drug-likeness (QED) is 0.488. The molecule has 1 aromatic heterocycles. The van der Waals surface area contributed by atoms with Gasteiger partial charge in [0.1, 0.15) is 0 Å². The molecule has 0 saturated heterocycles. The van der Waals surface area contributed by atoms with E-state index in [1.54, 1.807) is 11.3 Å². The van der Waals surface area contributed by atoms with Crippen LogP contribution in [0.2, 0.25) is 0 Å². The van der Waals surface area contributed by atoms with Gasteiger partial charge in [0.15, 0.2) is 5.11 Å². The van der Waals surface area contributed by atoms with Gasteiger partial charge in [0.2, 0.25) is 0 Å². The van der Waals surface area contributed by atoms with E-state index >= 15 is 0 Å². The Morgan fingerprint density at radius 3 is 2.65 bits per heavy atom. The second-order valence-electron chi connectivity index (χ2n) is 4.08. The first-order chi connectivity index (χ1) is 9.65. The number of benzene rings is 1. The van der Waals surface area contributed by atoms with E-state index in [4.69, 9.17) is 12.2 Å². The Bertz CT molecular complexity index is 608. The molecular formula is C14H14BrN3S2. The summed E-state index contributed by atoms with van der Waals surface area (Å²) < 4.78 is 1.09. The lowest BCUT2D eigenvalue weighted by Crippen LogP contribution is -2.32. The summed E-state index contributed by atoms with van der Waals surface area (Å²) in [6.45, 7) is 2.64. The zero-order valence-corrected chi connectivity index (χ0v) is 14.1. The Morgan fingerprint density at radius 2 is 2.00 bits per heavy atom. The van der Waals surface area contributed by atoms with Gasteiger partial charge in [-0.2, -0.15) is 5.10 Å². The number of nitrogens with one attached hydrogen (secondary N) is 2. The van der Waals surface area contributed by atoms with E-state index in [9.17, 15) is 0 Å². The molecule has 2 rings (SSSR count). The van der Waals surface area contributed by atoms with Crippen LogP contribution in [-0.4, -0.2) is 10.8 Å². The minimum atomic E-state index is 0.517. The molecule has 0 bridgehead atoms. The van der Waals surface area contributed by atoms with Crippen molar-refractivity contribution >= 4 is 50.3 Å². The summed E-state index contributed by atoms with van der Waals surface area (Å²) in [6, 6.07) is 14.1. The molecule has 0 aliphatic rings. The van der Waals surface area contributed by atoms with Crippen LogP contribution in [0.4, 0.5) is 0 Å². The van der Waals surface area contributed by atoms with Crippen LogP contribution in [0, 0.1) is 0 Å². The maximum atomic E-state index is 5.19. The lowest BCUT2D eigenvalue weighted by atomic mass is 10.2. The molecule has 0 radical (unpaired) electrons. The average molecular weight is 368 g/mol. The number of hydrogen-bond acceptors (Lipinski definition) is 3. The number of rotatable bonds is 4. The van der Waals surface area contributed by atoms with Gasteiger partial charge in [-0.15, -0.1) is 11.3 Å². The van der Waals surface area contributed by atoms with Crippen LogP contribution in [0.1, 0.15) is 17.4 Å². The van der Waals surface area contributed by atoms with Crippen LogP contribution >= 0.6 is 39.5 Å². The van der Waals surface area contributed by atoms with Crippen molar-refractivity contribution in [1.82, 2.24) is 10.7 Å². The fraction of sp³-hybridized carbons (Fsp3) is 0.143. The van der Waals surface area contributed by atoms with Gasteiger partial charge in [-0.3, -0.25) is 5.43 Å². The molecule has 3 nitrogen and oxygen atoms in total. The van der Waals surface area contributed by atoms with Gasteiger partial charge in [0.25, 0.3) is 0 Å². The van der Waals surface area contributed by atoms with Gasteiger partial charge in [-0.25, -0.2) is 0 Å². The molecule has 0 atom stereocenters. The molecule has 104 valence electrons. The Kier molecular flexibility index (Phi) is 5.70. The normalized spacial score (nSPS) is 11.2. The SMILES string of the molecule is C/C(=N/NC(=S)NCc1ccccc1)c1ccc(Br)s1. The monoisotopic (exact) mass is 367 g/mol. The van der Waals surface area contributed by atoms with Crippen LogP contribution in [0.25, 0.3) is 0 Å². The van der Waals surface area contributed by atoms with Crippen molar-refractivity contribution in [3.05, 3.63) is 56.7 Å². The standard InChI is InChI=1S/C14H14BrN3S2/c1-10(12-7-8-13(15)20-12)17-18-14(19)16-9-11-5-3-2-4-6-11/h2-8H,9H2,1H3,(H2,16,18,19)/b17-10-. The number of thiocarbonyl (C=S) groups is 1. The maximum absolute atomic E-state index is 5.19. The molecule has 1 aromatic carbocycles. The van der Waals surface area contributed by atoms with Gasteiger partial charge in [0, 0.05) is 6.54 Å². The third kappa shape index (κ3) is 4.70. The average Bonchev–Trinajstić information content (AvgIpc) is 2.90. The van der Waals surface area contributed by atoms with E-state index in [1.165, 1.54) is 5.56 Å². The summed E-state index contributed by atoms with van der Waals surface area (Å²) in [5, 5.41) is 7.91. The largest absolute Gasteiger partial charge is 0.357 e. The van der Waals surface area contributed by atoms with E-state index in [2.05, 4.69) is 31.8 Å². The van der Waals surface area contributed by atoms with Crippen molar-refractivity contribution in [3.63, 3.8) is 0 Å². The van der Waals surface area contributed by atoms with Crippen molar-refractivity contribution < 1.29 is 0 Å². The highest BCUT2D eigenvalue weighted by atomic mass is 79.9. The zero-order valence-electron chi connectivity index (χ0n) is 10.9. The second kappa shape index (κ2) is 7.52. The van der Waals surface area contributed by atoms with E-state index in [0.717, 1.165) is 14.4 Å². The van der Waals surface area contributed by atoms with Crippen molar-refractivity contribution in [3.8, 4) is 0 Å². The Labute approximate surface area is 136 Å². The van der Waals surface area contributed by atoms with Crippen molar-refractivity contribution in [2.75, 3.05) is 0 Å². The smallest absolute Gasteiger partial charge is 0.187 e. The van der Waals surface area contributed by atoms with Crippen LogP contribution in [0.5, 0.6) is 0 Å². The van der Waals surface area contributed by atoms with Gasteiger partial charge in [-0.05, 0) is 52.8 Å². The van der Waals surface area contributed by atoms with Crippen LogP contribution < -0.4 is 10.7 Å². The summed E-state index contributed by atoms with van der Waals surface area (Å²) >= 11 is 10.3. The highest BCUT2D eigenvalue weighted by Gasteiger charge is 2.01. The summed E-state index contributed by atoms with van der Waals surface area (Å²) in [5.41, 5.74) is 4.95. The third-order valence-corrected chi connectivity index (χ3v) is 4.52. The summed E-state index contributed by atoms with van der Waals surface area (Å²) in [6.07, 6.45) is 0. The first-order valence-corrected chi connectivity index (χ1v) is 8.04. The number of hydrazone groups is 1. The lowest BCUT2D eigenvalue weighted by Gasteiger charge is -2.07. The molecule has 1 heterocycles. The fourth-order valence-corrected chi connectivity index (χ4v) is 2.96. The van der Waals surface area contributed by atoms with Gasteiger partial charge in [0.05, 0.1) is 14.4 Å². The topological polar surface area (TPSA) is 36.4 Å². The number of halogens is 1. The molecule has 0 aliphatic heterocycles. The first-order valence-electron chi connectivity index (χ1n) is 6.03. The molecule has 2 N–H and O–H groups in total. The molecule has 0 amide bonds. The molecule has 2 aromatic rings. The molecule has 0 unspecified atom stereocenters. The molecule has 20 heavy (non-hydrogen) atoms. The third-order valence-electron chi connectivity index (χ3n) is 2.55. The van der Waals surface area contributed by atoms with Crippen LogP contribution in [0.3, 0.4) is 0 Å². The predicted octanol–water partition coefficient (Wildman–Crippen LogP) is 3.90. The van der Waals surface area contributed by atoms with E-state index in [1.807, 2.05) is 49.4 Å². The molecular weight excluding hydrogens is 354 g/mol. The molecule has 0 aliphatic carbocycles. The highest BCUT2D eigenvalue weighted by Crippen LogP contribution is 2.22. The zero-order chi connectivity index (χ0) is 14.4. The minimum absolute atomic E-state index is 0.517. The van der Waals surface area contributed by atoms with Crippen LogP contribution in [0.15, 0.2) is 51.4 Å². The van der Waals surface area contributed by atoms with E-state index in [-0.39, 0.29) is 0 Å². The fourth-order valence-electron chi connectivity index (χ4n) is 1.52. The number of thiophene rings is 1. The van der Waals surface area contributed by atoms with Crippen molar-refractivity contribution in [2.45, 2.75) is 13.5 Å². The molecule has 0 spiro atoms. The second-order valence-corrected chi connectivity index (χ2v) is 6.95. The Balaban J connectivity index is 1.83. The van der Waals surface area contributed by atoms with E-state index in [0.29, 0.717) is 11.7 Å². The van der Waals surface area contributed by atoms with Gasteiger partial charge in [-0.1, -0.05) is 30.3 Å². The molecule has 0 saturated carbocycles.